The Morgan fingerprint density at radius 3 is 2.39 bits per heavy atom. The van der Waals surface area contributed by atoms with Crippen LogP contribution in [0.15, 0.2) is 18.2 Å². The van der Waals surface area contributed by atoms with E-state index in [1.54, 1.807) is 0 Å². The number of carboxylic acid groups (broad SMARTS) is 1. The second kappa shape index (κ2) is 7.08. The molecule has 1 aromatic rings. The van der Waals surface area contributed by atoms with Crippen molar-refractivity contribution >= 4 is 29.2 Å². The van der Waals surface area contributed by atoms with Crippen molar-refractivity contribution in [3.8, 4) is 5.75 Å². The molecule has 0 heterocycles. The van der Waals surface area contributed by atoms with E-state index in [1.165, 1.54) is 18.2 Å². The summed E-state index contributed by atoms with van der Waals surface area (Å²) in [6, 6.07) is 3.93. The predicted octanol–water partition coefficient (Wildman–Crippen LogP) is 3.72. The van der Waals surface area contributed by atoms with Crippen molar-refractivity contribution in [2.45, 2.75) is 26.4 Å². The lowest BCUT2D eigenvalue weighted by molar-refractivity contribution is -0.213. The normalized spacial score (nSPS) is 11.9. The Kier molecular flexibility index (Phi) is 5.87. The van der Waals surface area contributed by atoms with E-state index >= 15 is 0 Å². The molecule has 0 aromatic heterocycles. The molecular formula is C14H15ClF3NO4. The van der Waals surface area contributed by atoms with Gasteiger partial charge in [0.15, 0.2) is 6.61 Å². The van der Waals surface area contributed by atoms with Gasteiger partial charge in [0.05, 0.1) is 10.4 Å². The van der Waals surface area contributed by atoms with Crippen LogP contribution in [0, 0.1) is 5.41 Å². The maximum atomic E-state index is 12.7. The van der Waals surface area contributed by atoms with Crippen molar-refractivity contribution in [2.75, 3.05) is 11.9 Å². The lowest BCUT2D eigenvalue weighted by Gasteiger charge is -2.26. The summed E-state index contributed by atoms with van der Waals surface area (Å²) in [5, 5.41) is 10.8. The molecule has 0 radical (unpaired) electrons. The number of benzene rings is 1. The fourth-order valence-electron chi connectivity index (χ4n) is 1.54. The van der Waals surface area contributed by atoms with Crippen LogP contribution in [0.5, 0.6) is 5.75 Å². The molecule has 1 rings (SSSR count). The molecule has 0 saturated heterocycles. The second-order valence-corrected chi connectivity index (χ2v) is 5.84. The number of carbonyl (C=O) groups is 2. The highest BCUT2D eigenvalue weighted by atomic mass is 35.5. The summed E-state index contributed by atoms with van der Waals surface area (Å²) in [4.78, 5) is 22.1. The number of carbonyl (C=O) groups excluding carboxylic acids is 1. The minimum Gasteiger partial charge on any atom is -0.480 e. The number of alkyl halides is 3. The topological polar surface area (TPSA) is 75.6 Å². The van der Waals surface area contributed by atoms with Gasteiger partial charge in [-0.05, 0) is 18.2 Å². The first-order valence-corrected chi connectivity index (χ1v) is 6.81. The molecule has 0 aliphatic rings. The highest BCUT2D eigenvalue weighted by Crippen LogP contribution is 2.40. The van der Waals surface area contributed by atoms with Gasteiger partial charge in [0.25, 0.3) is 0 Å². The van der Waals surface area contributed by atoms with Crippen LogP contribution in [0.3, 0.4) is 0 Å². The quantitative estimate of drug-likeness (QED) is 0.817. The highest BCUT2D eigenvalue weighted by Gasteiger charge is 2.48. The average Bonchev–Trinajstić information content (AvgIpc) is 2.35. The lowest BCUT2D eigenvalue weighted by atomic mass is 9.88. The maximum absolute atomic E-state index is 12.7. The average molecular weight is 354 g/mol. The Bertz CT molecular complexity index is 602. The predicted molar refractivity (Wildman–Crippen MR) is 77.7 cm³/mol. The van der Waals surface area contributed by atoms with Gasteiger partial charge in [-0.3, -0.25) is 4.79 Å². The molecule has 0 bridgehead atoms. The maximum Gasteiger partial charge on any atom is 0.394 e. The summed E-state index contributed by atoms with van der Waals surface area (Å²) in [6.07, 6.45) is -5.25. The van der Waals surface area contributed by atoms with Gasteiger partial charge >= 0.3 is 12.1 Å². The van der Waals surface area contributed by atoms with Crippen LogP contribution in [0.2, 0.25) is 5.02 Å². The summed E-state index contributed by atoms with van der Waals surface area (Å²) >= 11 is 5.85. The van der Waals surface area contributed by atoms with Gasteiger partial charge in [-0.2, -0.15) is 13.2 Å². The van der Waals surface area contributed by atoms with E-state index in [9.17, 15) is 22.8 Å². The van der Waals surface area contributed by atoms with Crippen molar-refractivity contribution in [1.82, 2.24) is 0 Å². The smallest absolute Gasteiger partial charge is 0.394 e. The first-order chi connectivity index (χ1) is 10.4. The molecule has 0 fully saturated rings. The fraction of sp³-hybridized carbons (Fsp3) is 0.429. The Morgan fingerprint density at radius 2 is 1.91 bits per heavy atom. The van der Waals surface area contributed by atoms with Crippen molar-refractivity contribution in [2.24, 2.45) is 5.41 Å². The number of ether oxygens (including phenoxy) is 1. The standard InChI is InChI=1S/C14H15ClF3NO4/c1-13(2,14(16,17)18)6-11(20)19-8-3-4-10(9(15)5-8)23-7-12(21)22/h3-5H,6-7H2,1-2H3,(H,19,20)(H,21,22). The van der Waals surface area contributed by atoms with Gasteiger partial charge in [-0.25, -0.2) is 4.79 Å². The van der Waals surface area contributed by atoms with Gasteiger partial charge in [0.1, 0.15) is 5.75 Å². The number of nitrogens with one attached hydrogen (secondary N) is 1. The number of halogens is 4. The van der Waals surface area contributed by atoms with Crippen LogP contribution in [0.4, 0.5) is 18.9 Å². The molecule has 128 valence electrons. The molecule has 9 heteroatoms. The van der Waals surface area contributed by atoms with Gasteiger partial charge < -0.3 is 15.2 Å². The van der Waals surface area contributed by atoms with Crippen molar-refractivity contribution in [3.63, 3.8) is 0 Å². The van der Waals surface area contributed by atoms with Gasteiger partial charge in [0.2, 0.25) is 5.91 Å². The first kappa shape index (κ1) is 19.1. The molecule has 0 saturated carbocycles. The molecule has 0 unspecified atom stereocenters. The third kappa shape index (κ3) is 5.63. The van der Waals surface area contributed by atoms with Crippen molar-refractivity contribution < 1.29 is 32.6 Å². The number of amides is 1. The summed E-state index contributed by atoms with van der Waals surface area (Å²) in [5.41, 5.74) is -1.98. The molecular weight excluding hydrogens is 339 g/mol. The number of anilines is 1. The fourth-order valence-corrected chi connectivity index (χ4v) is 1.78. The number of carboxylic acids is 1. The molecule has 2 N–H and O–H groups in total. The lowest BCUT2D eigenvalue weighted by Crippen LogP contribution is -2.35. The number of rotatable bonds is 6. The summed E-state index contributed by atoms with van der Waals surface area (Å²) < 4.78 is 43.1. The SMILES string of the molecule is CC(C)(CC(=O)Nc1ccc(OCC(=O)O)c(Cl)c1)C(F)(F)F. The largest absolute Gasteiger partial charge is 0.480 e. The van der Waals surface area contributed by atoms with Crippen LogP contribution in [0.25, 0.3) is 0 Å². The van der Waals surface area contributed by atoms with Crippen LogP contribution in [-0.4, -0.2) is 29.8 Å². The molecule has 1 amide bonds. The van der Waals surface area contributed by atoms with Crippen LogP contribution in [-0.2, 0) is 9.59 Å². The van der Waals surface area contributed by atoms with E-state index in [0.717, 1.165) is 13.8 Å². The Balaban J connectivity index is 2.73. The van der Waals surface area contributed by atoms with E-state index in [1.807, 2.05) is 0 Å². The Labute approximate surface area is 135 Å². The molecule has 0 aliphatic heterocycles. The summed E-state index contributed by atoms with van der Waals surface area (Å²) in [6.45, 7) is 1.27. The summed E-state index contributed by atoms with van der Waals surface area (Å²) in [7, 11) is 0. The number of aliphatic carboxylic acids is 1. The minimum absolute atomic E-state index is 0.0270. The van der Waals surface area contributed by atoms with E-state index in [2.05, 4.69) is 5.32 Å². The van der Waals surface area contributed by atoms with E-state index in [-0.39, 0.29) is 16.5 Å². The first-order valence-electron chi connectivity index (χ1n) is 6.43. The Morgan fingerprint density at radius 1 is 1.30 bits per heavy atom. The molecule has 23 heavy (non-hydrogen) atoms. The van der Waals surface area contributed by atoms with Crippen molar-refractivity contribution in [1.29, 1.82) is 0 Å². The van der Waals surface area contributed by atoms with E-state index < -0.39 is 36.5 Å². The van der Waals surface area contributed by atoms with Gasteiger partial charge in [0, 0.05) is 12.1 Å². The third-order valence-corrected chi connectivity index (χ3v) is 3.23. The molecule has 0 aliphatic carbocycles. The van der Waals surface area contributed by atoms with Crippen LogP contribution < -0.4 is 10.1 Å². The zero-order valence-corrected chi connectivity index (χ0v) is 13.1. The highest BCUT2D eigenvalue weighted by molar-refractivity contribution is 6.32. The third-order valence-electron chi connectivity index (χ3n) is 2.94. The number of hydrogen-bond donors (Lipinski definition) is 2. The van der Waals surface area contributed by atoms with Gasteiger partial charge in [-0.15, -0.1) is 0 Å². The van der Waals surface area contributed by atoms with E-state index in [0.29, 0.717) is 0 Å². The van der Waals surface area contributed by atoms with Crippen LogP contribution >= 0.6 is 11.6 Å². The van der Waals surface area contributed by atoms with Crippen molar-refractivity contribution in [3.05, 3.63) is 23.2 Å². The minimum atomic E-state index is -4.50. The van der Waals surface area contributed by atoms with Crippen LogP contribution in [0.1, 0.15) is 20.3 Å². The Hall–Kier alpha value is -1.96. The second-order valence-electron chi connectivity index (χ2n) is 5.43. The zero-order chi connectivity index (χ0) is 17.8. The molecule has 0 spiro atoms. The summed E-state index contributed by atoms with van der Waals surface area (Å²) in [5.74, 6) is -1.92. The molecule has 5 nitrogen and oxygen atoms in total. The molecule has 1 aromatic carbocycles. The zero-order valence-electron chi connectivity index (χ0n) is 12.3. The van der Waals surface area contributed by atoms with Gasteiger partial charge in [-0.1, -0.05) is 25.4 Å². The van der Waals surface area contributed by atoms with E-state index in [4.69, 9.17) is 21.4 Å². The monoisotopic (exact) mass is 353 g/mol. The molecule has 0 atom stereocenters. The number of hydrogen-bond acceptors (Lipinski definition) is 3.